The molecule has 0 radical (unpaired) electrons. The fraction of sp³-hybridized carbons (Fsp3) is 0.467. The Hall–Kier alpha value is -0.610. The molecule has 23 heavy (non-hydrogen) atoms. The van der Waals surface area contributed by atoms with E-state index < -0.39 is 0 Å². The summed E-state index contributed by atoms with van der Waals surface area (Å²) >= 11 is 5.17. The van der Waals surface area contributed by atoms with E-state index in [0.29, 0.717) is 12.5 Å². The summed E-state index contributed by atoms with van der Waals surface area (Å²) in [6.45, 7) is 8.27. The predicted molar refractivity (Wildman–Crippen MR) is 110 cm³/mol. The minimum atomic E-state index is 0. The van der Waals surface area contributed by atoms with Gasteiger partial charge >= 0.3 is 0 Å². The molecule has 0 aliphatic heterocycles. The molecule has 5 nitrogen and oxygen atoms in total. The van der Waals surface area contributed by atoms with Crippen LogP contribution in [-0.4, -0.2) is 17.7 Å². The molecule has 2 rings (SSSR count). The molecule has 0 aromatic carbocycles. The number of rotatable bonds is 6. The summed E-state index contributed by atoms with van der Waals surface area (Å²) in [7, 11) is 0. The average molecular weight is 513 g/mol. The number of guanidine groups is 1. The molecule has 0 aliphatic carbocycles. The first-order chi connectivity index (χ1) is 10.6. The summed E-state index contributed by atoms with van der Waals surface area (Å²) in [4.78, 5) is 5.78. The van der Waals surface area contributed by atoms with Crippen LogP contribution in [0, 0.1) is 0 Å². The molecule has 0 saturated heterocycles. The molecule has 2 heterocycles. The molecule has 0 atom stereocenters. The highest BCUT2D eigenvalue weighted by molar-refractivity contribution is 14.0. The van der Waals surface area contributed by atoms with Gasteiger partial charge in [0.2, 0.25) is 0 Å². The van der Waals surface area contributed by atoms with Gasteiger partial charge in [-0.2, -0.15) is 0 Å². The minimum Gasteiger partial charge on any atom is -0.359 e. The number of nitrogens with zero attached hydrogens (tertiary/aromatic N) is 2. The van der Waals surface area contributed by atoms with Crippen molar-refractivity contribution in [2.75, 3.05) is 6.54 Å². The summed E-state index contributed by atoms with van der Waals surface area (Å²) in [5.41, 5.74) is 0.964. The van der Waals surface area contributed by atoms with E-state index in [1.165, 1.54) is 4.88 Å². The van der Waals surface area contributed by atoms with Gasteiger partial charge in [-0.15, -0.1) is 35.3 Å². The summed E-state index contributed by atoms with van der Waals surface area (Å²) in [5, 5.41) is 12.7. The lowest BCUT2D eigenvalue weighted by Gasteiger charge is -2.09. The maximum atomic E-state index is 5.30. The van der Waals surface area contributed by atoms with Gasteiger partial charge in [-0.05, 0) is 34.8 Å². The van der Waals surface area contributed by atoms with Gasteiger partial charge in [0.25, 0.3) is 0 Å². The maximum Gasteiger partial charge on any atom is 0.191 e. The third kappa shape index (κ3) is 6.80. The van der Waals surface area contributed by atoms with E-state index in [9.17, 15) is 0 Å². The van der Waals surface area contributed by atoms with Crippen LogP contribution in [0.4, 0.5) is 0 Å². The Morgan fingerprint density at radius 3 is 2.74 bits per heavy atom. The molecule has 8 heteroatoms. The highest BCUT2D eigenvalue weighted by Crippen LogP contribution is 2.19. The molecule has 0 spiro atoms. The van der Waals surface area contributed by atoms with Crippen LogP contribution < -0.4 is 10.6 Å². The monoisotopic (exact) mass is 512 g/mol. The number of thiophene rings is 1. The van der Waals surface area contributed by atoms with E-state index in [2.05, 4.69) is 62.0 Å². The smallest absolute Gasteiger partial charge is 0.191 e. The van der Waals surface area contributed by atoms with E-state index in [0.717, 1.165) is 35.0 Å². The molecule has 0 aliphatic rings. The average Bonchev–Trinajstić information content (AvgIpc) is 3.11. The van der Waals surface area contributed by atoms with Gasteiger partial charge in [0.1, 0.15) is 6.54 Å². The fourth-order valence-corrected chi connectivity index (χ4v) is 3.18. The largest absolute Gasteiger partial charge is 0.359 e. The number of halogens is 2. The van der Waals surface area contributed by atoms with Gasteiger partial charge < -0.3 is 15.2 Å². The SMILES string of the molecule is CCNC(=NCc1cc(C(C)C)no1)NCc1cc(Br)cs1.I. The summed E-state index contributed by atoms with van der Waals surface area (Å²) in [6.07, 6.45) is 0. The summed E-state index contributed by atoms with van der Waals surface area (Å²) in [5.74, 6) is 1.92. The van der Waals surface area contributed by atoms with Crippen LogP contribution in [0.2, 0.25) is 0 Å². The molecule has 2 aromatic rings. The number of aliphatic imine (C=N–C) groups is 1. The first-order valence-corrected chi connectivity index (χ1v) is 8.96. The lowest BCUT2D eigenvalue weighted by atomic mass is 10.1. The number of nitrogens with one attached hydrogen (secondary N) is 2. The number of hydrogen-bond acceptors (Lipinski definition) is 4. The van der Waals surface area contributed by atoms with E-state index in [4.69, 9.17) is 4.52 Å². The van der Waals surface area contributed by atoms with Gasteiger partial charge in [-0.3, -0.25) is 0 Å². The molecular weight excluding hydrogens is 491 g/mol. The van der Waals surface area contributed by atoms with Crippen molar-refractivity contribution < 1.29 is 4.52 Å². The Bertz CT molecular complexity index is 627. The highest BCUT2D eigenvalue weighted by Gasteiger charge is 2.07. The van der Waals surface area contributed by atoms with E-state index in [1.807, 2.05) is 13.0 Å². The third-order valence-corrected chi connectivity index (χ3v) is 4.66. The Balaban J connectivity index is 0.00000264. The lowest BCUT2D eigenvalue weighted by Crippen LogP contribution is -2.36. The molecule has 2 aromatic heterocycles. The number of hydrogen-bond donors (Lipinski definition) is 2. The molecule has 2 N–H and O–H groups in total. The molecule has 128 valence electrons. The van der Waals surface area contributed by atoms with Crippen molar-refractivity contribution in [3.8, 4) is 0 Å². The normalized spacial score (nSPS) is 11.4. The van der Waals surface area contributed by atoms with Gasteiger partial charge in [0, 0.05) is 27.3 Å². The lowest BCUT2D eigenvalue weighted by molar-refractivity contribution is 0.376. The minimum absolute atomic E-state index is 0. The fourth-order valence-electron chi connectivity index (χ4n) is 1.79. The van der Waals surface area contributed by atoms with Gasteiger partial charge in [-0.1, -0.05) is 19.0 Å². The van der Waals surface area contributed by atoms with Crippen molar-refractivity contribution in [3.63, 3.8) is 0 Å². The second-order valence-corrected chi connectivity index (χ2v) is 7.06. The molecule has 0 saturated carbocycles. The first kappa shape index (κ1) is 20.4. The second kappa shape index (κ2) is 10.3. The molecule has 0 fully saturated rings. The van der Waals surface area contributed by atoms with Crippen molar-refractivity contribution in [3.05, 3.63) is 38.3 Å². The van der Waals surface area contributed by atoms with Crippen LogP contribution in [-0.2, 0) is 13.1 Å². The summed E-state index contributed by atoms with van der Waals surface area (Å²) < 4.78 is 6.41. The standard InChI is InChI=1S/C15H21BrN4OS.HI/c1-4-17-15(19-8-13-5-11(16)9-22-13)18-7-12-6-14(10(2)3)20-21-12;/h5-6,9-10H,4,7-8H2,1-3H3,(H2,17,18,19);1H. The van der Waals surface area contributed by atoms with Gasteiger partial charge in [0.05, 0.1) is 12.2 Å². The number of aromatic nitrogens is 1. The van der Waals surface area contributed by atoms with E-state index in [1.54, 1.807) is 11.3 Å². The van der Waals surface area contributed by atoms with E-state index in [-0.39, 0.29) is 24.0 Å². The van der Waals surface area contributed by atoms with Crippen LogP contribution in [0.5, 0.6) is 0 Å². The van der Waals surface area contributed by atoms with Crippen LogP contribution in [0.3, 0.4) is 0 Å². The summed E-state index contributed by atoms with van der Waals surface area (Å²) in [6, 6.07) is 4.07. The molecule has 0 bridgehead atoms. The van der Waals surface area contributed by atoms with Crippen LogP contribution in [0.1, 0.15) is 43.0 Å². The van der Waals surface area contributed by atoms with E-state index >= 15 is 0 Å². The Kier molecular flexibility index (Phi) is 9.15. The van der Waals surface area contributed by atoms with Crippen LogP contribution in [0.25, 0.3) is 0 Å². The van der Waals surface area contributed by atoms with Crippen LogP contribution >= 0.6 is 51.2 Å². The zero-order valence-electron chi connectivity index (χ0n) is 13.4. The molecule has 0 amide bonds. The highest BCUT2D eigenvalue weighted by atomic mass is 127. The third-order valence-electron chi connectivity index (χ3n) is 2.96. The van der Waals surface area contributed by atoms with Crippen molar-refractivity contribution in [2.45, 2.75) is 39.8 Å². The maximum absolute atomic E-state index is 5.30. The quantitative estimate of drug-likeness (QED) is 0.340. The van der Waals surface area contributed by atoms with Gasteiger partial charge in [-0.25, -0.2) is 4.99 Å². The Morgan fingerprint density at radius 2 is 2.17 bits per heavy atom. The van der Waals surface area contributed by atoms with Crippen molar-refractivity contribution in [2.24, 2.45) is 4.99 Å². The zero-order chi connectivity index (χ0) is 15.9. The molecular formula is C15H22BrIN4OS. The van der Waals surface area contributed by atoms with Crippen LogP contribution in [0.15, 0.2) is 31.5 Å². The van der Waals surface area contributed by atoms with Crippen molar-refractivity contribution >= 4 is 57.2 Å². The predicted octanol–water partition coefficient (Wildman–Crippen LogP) is 4.50. The van der Waals surface area contributed by atoms with Gasteiger partial charge in [0.15, 0.2) is 11.7 Å². The first-order valence-electron chi connectivity index (χ1n) is 7.29. The zero-order valence-corrected chi connectivity index (χ0v) is 18.2. The van der Waals surface area contributed by atoms with Crippen molar-refractivity contribution in [1.82, 2.24) is 15.8 Å². The van der Waals surface area contributed by atoms with Crippen molar-refractivity contribution in [1.29, 1.82) is 0 Å². The Morgan fingerprint density at radius 1 is 1.39 bits per heavy atom. The topological polar surface area (TPSA) is 62.5 Å². The second-order valence-electron chi connectivity index (χ2n) is 5.15. The molecule has 0 unspecified atom stereocenters. The Labute approximate surface area is 166 Å².